The second-order valence-corrected chi connectivity index (χ2v) is 9.13. The fourth-order valence-corrected chi connectivity index (χ4v) is 4.56. The molecule has 2 N–H and O–H groups in total. The van der Waals surface area contributed by atoms with Gasteiger partial charge in [0, 0.05) is 19.2 Å². The molecule has 1 aliphatic carbocycles. The summed E-state index contributed by atoms with van der Waals surface area (Å²) in [6, 6.07) is 13.3. The number of benzene rings is 1. The van der Waals surface area contributed by atoms with Crippen molar-refractivity contribution in [2.75, 3.05) is 6.54 Å². The number of rotatable bonds is 10. The van der Waals surface area contributed by atoms with Crippen LogP contribution in [0.3, 0.4) is 0 Å². The number of nitrogens with one attached hydrogen (secondary N) is 1. The lowest BCUT2D eigenvalue weighted by atomic mass is 9.87. The molecule has 1 aliphatic rings. The second-order valence-electron chi connectivity index (χ2n) is 8.61. The van der Waals surface area contributed by atoms with Crippen molar-refractivity contribution >= 4 is 23.6 Å². The molecule has 35 heavy (non-hydrogen) atoms. The van der Waals surface area contributed by atoms with Crippen molar-refractivity contribution in [2.45, 2.75) is 51.2 Å². The molecule has 0 radical (unpaired) electrons. The average Bonchev–Trinajstić information content (AvgIpc) is 3.30. The Bertz CT molecular complexity index is 1130. The van der Waals surface area contributed by atoms with E-state index in [4.69, 9.17) is 14.6 Å². The number of nitrogens with zero attached hydrogens (tertiary/aromatic N) is 3. The maximum absolute atomic E-state index is 12.9. The minimum atomic E-state index is -0.950. The Morgan fingerprint density at radius 2 is 1.86 bits per heavy atom. The van der Waals surface area contributed by atoms with E-state index in [-0.39, 0.29) is 17.9 Å². The minimum Gasteiger partial charge on any atom is -0.479 e. The number of amides is 1. The highest BCUT2D eigenvalue weighted by Gasteiger charge is 2.26. The van der Waals surface area contributed by atoms with Crippen molar-refractivity contribution in [1.29, 1.82) is 0 Å². The first kappa shape index (κ1) is 24.7. The van der Waals surface area contributed by atoms with E-state index in [1.165, 1.54) is 0 Å². The summed E-state index contributed by atoms with van der Waals surface area (Å²) in [4.78, 5) is 28.2. The number of pyridine rings is 1. The first-order valence-corrected chi connectivity index (χ1v) is 12.4. The normalized spacial score (nSPS) is 18.5. The van der Waals surface area contributed by atoms with Crippen LogP contribution in [0.4, 0.5) is 0 Å². The Hall–Kier alpha value is -3.37. The zero-order valence-corrected chi connectivity index (χ0v) is 20.2. The predicted octanol–water partition coefficient (Wildman–Crippen LogP) is 4.09. The van der Waals surface area contributed by atoms with Crippen LogP contribution in [0.15, 0.2) is 48.7 Å². The van der Waals surface area contributed by atoms with Crippen molar-refractivity contribution in [2.24, 2.45) is 5.92 Å². The van der Waals surface area contributed by atoms with Gasteiger partial charge < -0.3 is 19.9 Å². The topological polar surface area (TPSA) is 124 Å². The standard InChI is InChI=1S/C25H28N4O5S/c1-16(25(31)32)33-19-11-9-18(10-12-19)15-27-22(30)20-8-5-13-26-23(20)34-24-21(28-35-29-24)14-17-6-3-2-4-7-17/h2-8,13,16,18-19H,9-12,14-15H2,1H3,(H,27,30)(H,31,32)/t16-,18?,19?/m1/s1. The van der Waals surface area contributed by atoms with E-state index in [1.54, 1.807) is 25.3 Å². The molecule has 9 nitrogen and oxygen atoms in total. The Balaban J connectivity index is 1.32. The van der Waals surface area contributed by atoms with Crippen LogP contribution in [-0.4, -0.2) is 49.5 Å². The lowest BCUT2D eigenvalue weighted by Crippen LogP contribution is -2.34. The summed E-state index contributed by atoms with van der Waals surface area (Å²) in [5, 5.41) is 12.0. The monoisotopic (exact) mass is 496 g/mol. The number of ether oxygens (including phenoxy) is 2. The van der Waals surface area contributed by atoms with E-state index >= 15 is 0 Å². The molecular weight excluding hydrogens is 468 g/mol. The van der Waals surface area contributed by atoms with Gasteiger partial charge in [-0.1, -0.05) is 30.3 Å². The molecule has 0 bridgehead atoms. The minimum absolute atomic E-state index is 0.0526. The number of aliphatic carboxylic acids is 1. The molecule has 0 spiro atoms. The molecule has 2 aromatic heterocycles. The van der Waals surface area contributed by atoms with E-state index in [1.807, 2.05) is 30.3 Å². The van der Waals surface area contributed by atoms with Gasteiger partial charge in [0.1, 0.15) is 11.3 Å². The van der Waals surface area contributed by atoms with Gasteiger partial charge in [0.25, 0.3) is 11.8 Å². The maximum atomic E-state index is 12.9. The van der Waals surface area contributed by atoms with E-state index in [9.17, 15) is 9.59 Å². The van der Waals surface area contributed by atoms with Crippen molar-refractivity contribution in [1.82, 2.24) is 19.0 Å². The summed E-state index contributed by atoms with van der Waals surface area (Å²) >= 11 is 1.06. The number of hydrogen-bond donors (Lipinski definition) is 2. The van der Waals surface area contributed by atoms with Crippen molar-refractivity contribution in [3.05, 3.63) is 65.5 Å². The first-order chi connectivity index (χ1) is 17.0. The molecule has 0 unspecified atom stereocenters. The number of carbonyl (C=O) groups excluding carboxylic acids is 1. The van der Waals surface area contributed by atoms with E-state index < -0.39 is 12.1 Å². The molecule has 1 atom stereocenters. The van der Waals surface area contributed by atoms with Gasteiger partial charge in [0.05, 0.1) is 17.8 Å². The molecule has 1 fully saturated rings. The van der Waals surface area contributed by atoms with Gasteiger partial charge in [-0.2, -0.15) is 4.37 Å². The predicted molar refractivity (Wildman–Crippen MR) is 130 cm³/mol. The first-order valence-electron chi connectivity index (χ1n) is 11.6. The molecule has 1 aromatic carbocycles. The molecule has 10 heteroatoms. The average molecular weight is 497 g/mol. The highest BCUT2D eigenvalue weighted by atomic mass is 32.1. The number of aromatic nitrogens is 3. The van der Waals surface area contributed by atoms with Crippen LogP contribution in [0.1, 0.15) is 54.2 Å². The number of carboxylic acid groups (broad SMARTS) is 1. The summed E-state index contributed by atoms with van der Waals surface area (Å²) < 4.78 is 20.1. The highest BCUT2D eigenvalue weighted by molar-refractivity contribution is 6.99. The van der Waals surface area contributed by atoms with Crippen LogP contribution < -0.4 is 10.1 Å². The molecule has 3 aromatic rings. The van der Waals surface area contributed by atoms with Crippen molar-refractivity contribution in [3.8, 4) is 11.8 Å². The Kier molecular flexibility index (Phi) is 8.38. The fourth-order valence-electron chi connectivity index (χ4n) is 4.06. The lowest BCUT2D eigenvalue weighted by Gasteiger charge is -2.29. The van der Waals surface area contributed by atoms with E-state index in [2.05, 4.69) is 19.0 Å². The van der Waals surface area contributed by atoms with Gasteiger partial charge in [0.2, 0.25) is 5.88 Å². The van der Waals surface area contributed by atoms with E-state index in [0.29, 0.717) is 36.0 Å². The number of hydrogen-bond acceptors (Lipinski definition) is 8. The van der Waals surface area contributed by atoms with Gasteiger partial charge in [-0.05, 0) is 56.2 Å². The highest BCUT2D eigenvalue weighted by Crippen LogP contribution is 2.28. The van der Waals surface area contributed by atoms with Gasteiger partial charge in [-0.25, -0.2) is 9.78 Å². The van der Waals surface area contributed by atoms with Crippen molar-refractivity contribution in [3.63, 3.8) is 0 Å². The molecule has 4 rings (SSSR count). The van der Waals surface area contributed by atoms with Crippen LogP contribution in [0.25, 0.3) is 0 Å². The Morgan fingerprint density at radius 3 is 2.60 bits per heavy atom. The zero-order chi connectivity index (χ0) is 24.6. The zero-order valence-electron chi connectivity index (χ0n) is 19.4. The third-order valence-corrected chi connectivity index (χ3v) is 6.58. The summed E-state index contributed by atoms with van der Waals surface area (Å²) in [5.74, 6) is -0.374. The fraction of sp³-hybridized carbons (Fsp3) is 0.400. The van der Waals surface area contributed by atoms with Gasteiger partial charge in [-0.15, -0.1) is 4.37 Å². The van der Waals surface area contributed by atoms with Gasteiger partial charge >= 0.3 is 5.97 Å². The molecule has 1 amide bonds. The van der Waals surface area contributed by atoms with Gasteiger partial charge in [-0.3, -0.25) is 4.79 Å². The molecule has 2 heterocycles. The third kappa shape index (κ3) is 6.83. The summed E-state index contributed by atoms with van der Waals surface area (Å²) in [6.07, 6.45) is 4.56. The lowest BCUT2D eigenvalue weighted by molar-refractivity contribution is -0.154. The smallest absolute Gasteiger partial charge is 0.332 e. The number of carbonyl (C=O) groups is 2. The Morgan fingerprint density at radius 1 is 1.09 bits per heavy atom. The Labute approximate surface area is 207 Å². The van der Waals surface area contributed by atoms with Crippen molar-refractivity contribution < 1.29 is 24.2 Å². The van der Waals surface area contributed by atoms with Crippen LogP contribution in [0, 0.1) is 5.92 Å². The summed E-state index contributed by atoms with van der Waals surface area (Å²) in [6.45, 7) is 2.07. The summed E-state index contributed by atoms with van der Waals surface area (Å²) in [5.41, 5.74) is 2.11. The van der Waals surface area contributed by atoms with Crippen LogP contribution in [0.2, 0.25) is 0 Å². The quantitative estimate of drug-likeness (QED) is 0.430. The molecular formula is C25H28N4O5S. The third-order valence-electron chi connectivity index (χ3n) is 6.03. The van der Waals surface area contributed by atoms with Crippen LogP contribution in [-0.2, 0) is 16.0 Å². The van der Waals surface area contributed by atoms with Crippen LogP contribution >= 0.6 is 11.7 Å². The maximum Gasteiger partial charge on any atom is 0.332 e. The SMILES string of the molecule is C[C@@H](OC1CCC(CNC(=O)c2cccnc2Oc2nsnc2Cc2ccccc2)CC1)C(=O)O. The van der Waals surface area contributed by atoms with E-state index in [0.717, 1.165) is 43.0 Å². The molecule has 1 saturated carbocycles. The number of carboxylic acids is 1. The molecule has 184 valence electrons. The largest absolute Gasteiger partial charge is 0.479 e. The summed E-state index contributed by atoms with van der Waals surface area (Å²) in [7, 11) is 0. The van der Waals surface area contributed by atoms with Crippen LogP contribution in [0.5, 0.6) is 11.8 Å². The second kappa shape index (κ2) is 11.9. The molecule has 0 aliphatic heterocycles. The van der Waals surface area contributed by atoms with Gasteiger partial charge in [0.15, 0.2) is 6.10 Å². The molecule has 0 saturated heterocycles.